The highest BCUT2D eigenvalue weighted by molar-refractivity contribution is 5.99. The maximum atomic E-state index is 15.5. The van der Waals surface area contributed by atoms with E-state index in [1.165, 1.54) is 14.0 Å². The summed E-state index contributed by atoms with van der Waals surface area (Å²) in [5.74, 6) is -7.52. The summed E-state index contributed by atoms with van der Waals surface area (Å²) >= 11 is 0. The van der Waals surface area contributed by atoms with Crippen molar-refractivity contribution in [2.45, 2.75) is 212 Å². The molecule has 0 amide bonds. The molecule has 4 rings (SSSR count). The van der Waals surface area contributed by atoms with Crippen molar-refractivity contribution in [2.75, 3.05) is 20.3 Å². The summed E-state index contributed by atoms with van der Waals surface area (Å²) in [6.07, 6.45) is -1.29. The monoisotopic (exact) mass is 983 g/mol. The van der Waals surface area contributed by atoms with Gasteiger partial charge in [0.2, 0.25) is 23.1 Å². The predicted octanol–water partition coefficient (Wildman–Crippen LogP) is 9.33. The molecule has 15 heteroatoms. The van der Waals surface area contributed by atoms with Gasteiger partial charge in [-0.05, 0) is 125 Å². The van der Waals surface area contributed by atoms with Gasteiger partial charge in [-0.25, -0.2) is 14.4 Å². The molecule has 2 fully saturated rings. The SMILES string of the molecule is C=C(CC[C@@]12O[C@H](C(=O)OC(C)(C)C)[C@@](O)(C(=O)OC(C)(C)C)[C@@](C(=O)OC(C)(C)C)(O1)[C@H](OCCCCCCCCOc1ccccc1)[C@H]2OC(C)(C)OC)C(OC(C)=O)C(C)Cc1ccccc1. The van der Waals surface area contributed by atoms with Gasteiger partial charge in [-0.15, -0.1) is 0 Å². The Morgan fingerprint density at radius 3 is 1.80 bits per heavy atom. The van der Waals surface area contributed by atoms with E-state index in [-0.39, 0.29) is 25.4 Å². The van der Waals surface area contributed by atoms with Crippen molar-refractivity contribution >= 4 is 23.9 Å². The van der Waals surface area contributed by atoms with Crippen molar-refractivity contribution in [3.63, 3.8) is 0 Å². The van der Waals surface area contributed by atoms with Crippen LogP contribution in [0.25, 0.3) is 0 Å². The van der Waals surface area contributed by atoms with Crippen LogP contribution >= 0.6 is 0 Å². The third kappa shape index (κ3) is 15.3. The number of ether oxygens (including phenoxy) is 10. The van der Waals surface area contributed by atoms with E-state index >= 15 is 9.59 Å². The number of benzene rings is 2. The molecule has 0 radical (unpaired) electrons. The Labute approximate surface area is 416 Å². The molecule has 15 nitrogen and oxygen atoms in total. The van der Waals surface area contributed by atoms with E-state index in [9.17, 15) is 14.7 Å². The number of hydrogen-bond acceptors (Lipinski definition) is 15. The number of aliphatic hydroxyl groups is 1. The number of carbonyl (C=O) groups excluding carboxylic acids is 4. The Hall–Kier alpha value is -4.38. The van der Waals surface area contributed by atoms with Gasteiger partial charge in [0, 0.05) is 33.0 Å². The smallest absolute Gasteiger partial charge is 0.346 e. The highest BCUT2D eigenvalue weighted by atomic mass is 16.8. The van der Waals surface area contributed by atoms with Crippen molar-refractivity contribution in [1.82, 2.24) is 0 Å². The second-order valence-corrected chi connectivity index (χ2v) is 22.0. The number of esters is 4. The molecule has 2 bridgehead atoms. The summed E-state index contributed by atoms with van der Waals surface area (Å²) in [4.78, 5) is 57.9. The minimum absolute atomic E-state index is 0.0102. The molecule has 2 aromatic carbocycles. The van der Waals surface area contributed by atoms with Gasteiger partial charge in [-0.2, -0.15) is 0 Å². The first kappa shape index (κ1) is 58.2. The number of para-hydroxylation sites is 1. The molecule has 0 aromatic heterocycles. The normalized spacial score (nSPS) is 24.5. The van der Waals surface area contributed by atoms with Crippen LogP contribution in [0.2, 0.25) is 0 Å². The van der Waals surface area contributed by atoms with Crippen LogP contribution < -0.4 is 4.74 Å². The summed E-state index contributed by atoms with van der Waals surface area (Å²) < 4.78 is 62.8. The molecule has 2 aromatic rings. The minimum atomic E-state index is -3.34. The number of rotatable bonds is 25. The minimum Gasteiger partial charge on any atom is -0.494 e. The number of unbranched alkanes of at least 4 members (excludes halogenated alkanes) is 5. The van der Waals surface area contributed by atoms with Gasteiger partial charge in [0.1, 0.15) is 40.9 Å². The summed E-state index contributed by atoms with van der Waals surface area (Å²) in [5.41, 5.74) is -8.49. The molecule has 70 heavy (non-hydrogen) atoms. The largest absolute Gasteiger partial charge is 0.494 e. The summed E-state index contributed by atoms with van der Waals surface area (Å²) in [6.45, 7) is 25.9. The van der Waals surface area contributed by atoms with Crippen molar-refractivity contribution in [2.24, 2.45) is 5.92 Å². The zero-order chi connectivity index (χ0) is 52.3. The van der Waals surface area contributed by atoms with Crippen molar-refractivity contribution in [3.8, 4) is 5.75 Å². The summed E-state index contributed by atoms with van der Waals surface area (Å²) in [6, 6.07) is 19.4. The van der Waals surface area contributed by atoms with E-state index in [0.29, 0.717) is 25.0 Å². The maximum Gasteiger partial charge on any atom is 0.346 e. The van der Waals surface area contributed by atoms with E-state index in [0.717, 1.165) is 43.4 Å². The van der Waals surface area contributed by atoms with Gasteiger partial charge in [0.15, 0.2) is 5.79 Å². The van der Waals surface area contributed by atoms with Crippen LogP contribution in [0.15, 0.2) is 72.8 Å². The lowest BCUT2D eigenvalue weighted by Crippen LogP contribution is -2.79. The molecule has 2 aliphatic heterocycles. The lowest BCUT2D eigenvalue weighted by Gasteiger charge is -2.51. The quantitative estimate of drug-likeness (QED) is 0.0327. The van der Waals surface area contributed by atoms with Crippen LogP contribution in [-0.2, 0) is 68.2 Å². The predicted molar refractivity (Wildman–Crippen MR) is 262 cm³/mol. The van der Waals surface area contributed by atoms with Crippen molar-refractivity contribution in [3.05, 3.63) is 78.4 Å². The highest BCUT2D eigenvalue weighted by Gasteiger charge is 2.86. The lowest BCUT2D eigenvalue weighted by molar-refractivity contribution is -0.387. The first-order valence-corrected chi connectivity index (χ1v) is 24.7. The average molecular weight is 983 g/mol. The Balaban J connectivity index is 1.85. The lowest BCUT2D eigenvalue weighted by atomic mass is 9.74. The first-order chi connectivity index (χ1) is 32.5. The second-order valence-electron chi connectivity index (χ2n) is 22.0. The summed E-state index contributed by atoms with van der Waals surface area (Å²) in [5, 5.41) is 13.5. The van der Waals surface area contributed by atoms with Gasteiger partial charge >= 0.3 is 23.9 Å². The molecule has 1 N–H and O–H groups in total. The molecule has 2 heterocycles. The molecule has 0 aliphatic carbocycles. The van der Waals surface area contributed by atoms with Crippen LogP contribution in [-0.4, -0.2) is 113 Å². The molecule has 392 valence electrons. The molecule has 2 unspecified atom stereocenters. The Morgan fingerprint density at radius 1 is 0.729 bits per heavy atom. The van der Waals surface area contributed by atoms with Crippen LogP contribution in [0.4, 0.5) is 0 Å². The average Bonchev–Trinajstić information content (AvgIpc) is 3.48. The number of carbonyl (C=O) groups is 4. The molecule has 0 spiro atoms. The first-order valence-electron chi connectivity index (χ1n) is 24.7. The Bertz CT molecular complexity index is 2030. The van der Waals surface area contributed by atoms with Gasteiger partial charge < -0.3 is 52.5 Å². The molecular formula is C55H82O15. The van der Waals surface area contributed by atoms with E-state index in [1.54, 1.807) is 76.2 Å². The zero-order valence-electron chi connectivity index (χ0n) is 44.3. The standard InChI is InChI=1S/C55H82O15/c1-37(42(64-39(3)56)38(2)36-40-28-22-20-23-29-40)32-33-53-43(65-52(13,14)61-15)44(63-35-27-19-17-16-18-26-34-62-41-30-24-21-25-31-41)55(70-53,48(59)69-51(10,11)12)54(60,47(58)68-50(7,8)9)45(66-53)46(57)67-49(4,5)6/h20-25,28-31,38,42-45,60H,1,16-19,26-27,32-36H2,2-15H3/t38?,42?,43-,44-,45-,53-,54-,55-/m1/s1. The second kappa shape index (κ2) is 23.9. The topological polar surface area (TPSA) is 181 Å². The van der Waals surface area contributed by atoms with Gasteiger partial charge in [0.05, 0.1) is 6.61 Å². The molecule has 8 atom stereocenters. The van der Waals surface area contributed by atoms with Crippen LogP contribution in [0.1, 0.15) is 147 Å². The van der Waals surface area contributed by atoms with Gasteiger partial charge in [0.25, 0.3) is 0 Å². The Kier molecular flexibility index (Phi) is 19.9. The van der Waals surface area contributed by atoms with Gasteiger partial charge in [-0.3, -0.25) is 4.79 Å². The van der Waals surface area contributed by atoms with E-state index in [1.807, 2.05) is 67.6 Å². The van der Waals surface area contributed by atoms with E-state index in [2.05, 4.69) is 6.58 Å². The highest BCUT2D eigenvalue weighted by Crippen LogP contribution is 2.59. The molecule has 2 saturated heterocycles. The van der Waals surface area contributed by atoms with E-state index in [4.69, 9.17) is 47.4 Å². The maximum absolute atomic E-state index is 15.5. The molecule has 0 saturated carbocycles. The fourth-order valence-electron chi connectivity index (χ4n) is 8.69. The van der Waals surface area contributed by atoms with E-state index < -0.39 is 87.9 Å². The molecule has 2 aliphatic rings. The van der Waals surface area contributed by atoms with Crippen molar-refractivity contribution < 1.29 is 71.7 Å². The fourth-order valence-corrected chi connectivity index (χ4v) is 8.69. The molecular weight excluding hydrogens is 901 g/mol. The third-order valence-electron chi connectivity index (χ3n) is 11.9. The Morgan fingerprint density at radius 2 is 1.26 bits per heavy atom. The number of fused-ring (bicyclic) bond motifs is 2. The zero-order valence-corrected chi connectivity index (χ0v) is 44.3. The number of methoxy groups -OCH3 is 1. The van der Waals surface area contributed by atoms with Crippen LogP contribution in [0.3, 0.4) is 0 Å². The fraction of sp³-hybridized carbons (Fsp3) is 0.673. The van der Waals surface area contributed by atoms with Gasteiger partial charge in [-0.1, -0.05) is 87.7 Å². The van der Waals surface area contributed by atoms with Crippen molar-refractivity contribution in [1.29, 1.82) is 0 Å². The number of hydrogen-bond donors (Lipinski definition) is 1. The van der Waals surface area contributed by atoms with Crippen LogP contribution in [0, 0.1) is 5.92 Å². The summed E-state index contributed by atoms with van der Waals surface area (Å²) in [7, 11) is 1.42. The third-order valence-corrected chi connectivity index (χ3v) is 11.9. The van der Waals surface area contributed by atoms with Crippen LogP contribution in [0.5, 0.6) is 5.75 Å².